The summed E-state index contributed by atoms with van der Waals surface area (Å²) in [6.07, 6.45) is -0.587. The largest absolute Gasteiger partial charge is 0.416 e. The minimum atomic E-state index is -4.53. The third-order valence-electron chi connectivity index (χ3n) is 5.73. The molecule has 4 heterocycles. The molecule has 0 radical (unpaired) electrons. The molecule has 0 aliphatic heterocycles. The number of aryl methyl sites for hydroxylation is 1. The number of amides is 1. The topological polar surface area (TPSA) is 117 Å². The summed E-state index contributed by atoms with van der Waals surface area (Å²) in [5, 5.41) is 9.79. The van der Waals surface area contributed by atoms with E-state index >= 15 is 0 Å². The molecule has 4 aromatic heterocycles. The Balaban J connectivity index is 1.27. The molecule has 1 N–H and O–H groups in total. The number of nitrogens with zero attached hydrogens (tertiary/aromatic N) is 6. The van der Waals surface area contributed by atoms with Crippen molar-refractivity contribution >= 4 is 5.91 Å². The van der Waals surface area contributed by atoms with Crippen molar-refractivity contribution in [3.8, 4) is 0 Å². The normalized spacial score (nSPS) is 12.3. The van der Waals surface area contributed by atoms with Crippen molar-refractivity contribution in [3.05, 3.63) is 110 Å². The molecule has 0 bridgehead atoms. The molecule has 0 aromatic carbocycles. The molecule has 4 aromatic rings. The molecule has 0 saturated carbocycles. The number of carbonyl (C=O) groups excluding carboxylic acids is 1. The maximum absolute atomic E-state index is 14.6. The van der Waals surface area contributed by atoms with E-state index in [1.807, 2.05) is 0 Å². The molecule has 204 valence electrons. The average molecular weight is 545 g/mol. The Morgan fingerprint density at radius 1 is 1.03 bits per heavy atom. The lowest BCUT2D eigenvalue weighted by Gasteiger charge is -2.11. The number of hydrogen-bond donors (Lipinski definition) is 1. The second-order valence-electron chi connectivity index (χ2n) is 8.66. The summed E-state index contributed by atoms with van der Waals surface area (Å²) in [4.78, 5) is 40.3. The van der Waals surface area contributed by atoms with Gasteiger partial charge in [0.1, 0.15) is 6.17 Å². The van der Waals surface area contributed by atoms with E-state index in [9.17, 15) is 31.9 Å². The molecular weight excluding hydrogens is 522 g/mol. The van der Waals surface area contributed by atoms with E-state index in [0.29, 0.717) is 5.56 Å². The third-order valence-corrected chi connectivity index (χ3v) is 5.73. The van der Waals surface area contributed by atoms with Crippen LogP contribution in [-0.4, -0.2) is 41.2 Å². The van der Waals surface area contributed by atoms with Gasteiger partial charge in [-0.05, 0) is 36.2 Å². The number of rotatable bonds is 10. The Morgan fingerprint density at radius 3 is 2.59 bits per heavy atom. The molecule has 0 spiro atoms. The zero-order chi connectivity index (χ0) is 28.0. The molecule has 0 aliphatic carbocycles. The number of alkyl halides is 4. The predicted octanol–water partition coefficient (Wildman–Crippen LogP) is 2.42. The van der Waals surface area contributed by atoms with E-state index in [1.165, 1.54) is 33.7 Å². The van der Waals surface area contributed by atoms with Crippen LogP contribution in [0, 0.1) is 0 Å². The van der Waals surface area contributed by atoms with Crippen molar-refractivity contribution in [2.45, 2.75) is 44.9 Å². The first-order chi connectivity index (χ1) is 18.6. The first-order valence-corrected chi connectivity index (χ1v) is 11.8. The lowest BCUT2D eigenvalue weighted by atomic mass is 10.2. The van der Waals surface area contributed by atoms with Gasteiger partial charge < -0.3 is 14.5 Å². The molecule has 1 unspecified atom stereocenters. The zero-order valence-electron chi connectivity index (χ0n) is 20.4. The molecule has 10 nitrogen and oxygen atoms in total. The smallest absolute Gasteiger partial charge is 0.345 e. The summed E-state index contributed by atoms with van der Waals surface area (Å²) < 4.78 is 57.0. The fraction of sp³-hybridized carbons (Fsp3) is 0.280. The zero-order valence-corrected chi connectivity index (χ0v) is 20.4. The van der Waals surface area contributed by atoms with Crippen molar-refractivity contribution in [1.29, 1.82) is 0 Å². The van der Waals surface area contributed by atoms with Crippen molar-refractivity contribution < 1.29 is 22.4 Å². The third kappa shape index (κ3) is 7.46. The summed E-state index contributed by atoms with van der Waals surface area (Å²) in [5.41, 5.74) is -0.908. The Morgan fingerprint density at radius 2 is 1.85 bits per heavy atom. The molecule has 39 heavy (non-hydrogen) atoms. The molecule has 4 rings (SSSR count). The first-order valence-electron chi connectivity index (χ1n) is 11.8. The van der Waals surface area contributed by atoms with E-state index in [2.05, 4.69) is 20.6 Å². The van der Waals surface area contributed by atoms with Gasteiger partial charge in [0, 0.05) is 37.3 Å². The number of hydrogen-bond acceptors (Lipinski definition) is 6. The van der Waals surface area contributed by atoms with Crippen LogP contribution < -0.4 is 16.4 Å². The van der Waals surface area contributed by atoms with Gasteiger partial charge in [-0.3, -0.25) is 19.4 Å². The number of halogens is 4. The average Bonchev–Trinajstić information content (AvgIpc) is 3.36. The summed E-state index contributed by atoms with van der Waals surface area (Å²) in [6, 6.07) is 9.49. The van der Waals surface area contributed by atoms with Crippen LogP contribution in [0.2, 0.25) is 0 Å². The number of carbonyl (C=O) groups is 1. The fourth-order valence-corrected chi connectivity index (χ4v) is 3.70. The number of pyridine rings is 3. The van der Waals surface area contributed by atoms with Crippen molar-refractivity contribution in [1.82, 2.24) is 34.4 Å². The molecule has 1 amide bonds. The van der Waals surface area contributed by atoms with Crippen LogP contribution in [0.3, 0.4) is 0 Å². The van der Waals surface area contributed by atoms with Gasteiger partial charge in [-0.25, -0.2) is 9.07 Å². The Kier molecular flexibility index (Phi) is 8.32. The van der Waals surface area contributed by atoms with Gasteiger partial charge in [-0.1, -0.05) is 11.3 Å². The number of aromatic nitrogens is 6. The fourth-order valence-electron chi connectivity index (χ4n) is 3.70. The highest BCUT2D eigenvalue weighted by molar-refractivity contribution is 5.91. The Bertz CT molecular complexity index is 1560. The van der Waals surface area contributed by atoms with Crippen LogP contribution in [0.5, 0.6) is 0 Å². The van der Waals surface area contributed by atoms with Crippen LogP contribution in [0.15, 0.2) is 76.8 Å². The molecule has 0 saturated heterocycles. The Labute approximate surface area is 218 Å². The molecule has 0 aliphatic rings. The van der Waals surface area contributed by atoms with Gasteiger partial charge in [0.15, 0.2) is 5.69 Å². The highest BCUT2D eigenvalue weighted by atomic mass is 19.4. The standard InChI is InChI=1S/C25H23F4N7O3/c26-19(6-10-34-9-5-17(11-23(34)38)14-35-8-2-1-3-22(35)37)15-36-16-21(32-33-36)24(39)31-13-20-12-18(4-7-30-20)25(27,28)29/h1-5,7-9,11-12,16,19H,6,10,13-15H2,(H,31,39). The van der Waals surface area contributed by atoms with Gasteiger partial charge in [-0.15, -0.1) is 5.10 Å². The van der Waals surface area contributed by atoms with Crippen LogP contribution >= 0.6 is 0 Å². The summed E-state index contributed by atoms with van der Waals surface area (Å²) in [6.45, 7) is -0.159. The van der Waals surface area contributed by atoms with Crippen molar-refractivity contribution in [2.75, 3.05) is 0 Å². The summed E-state index contributed by atoms with van der Waals surface area (Å²) in [5.74, 6) is -0.708. The van der Waals surface area contributed by atoms with Gasteiger partial charge in [-0.2, -0.15) is 13.2 Å². The van der Waals surface area contributed by atoms with Crippen LogP contribution in [0.25, 0.3) is 0 Å². The van der Waals surface area contributed by atoms with Crippen LogP contribution in [0.4, 0.5) is 17.6 Å². The maximum atomic E-state index is 14.6. The van der Waals surface area contributed by atoms with Crippen LogP contribution in [0.1, 0.15) is 33.7 Å². The SMILES string of the molecule is O=C(NCc1cc(C(F)(F)F)ccn1)c1cn(CC(F)CCn2ccc(Cn3ccccc3=O)cc2=O)nn1. The van der Waals surface area contributed by atoms with E-state index in [-0.39, 0.29) is 55.1 Å². The summed E-state index contributed by atoms with van der Waals surface area (Å²) >= 11 is 0. The molecule has 0 fully saturated rings. The second kappa shape index (κ2) is 11.8. The van der Waals surface area contributed by atoms with Gasteiger partial charge in [0.2, 0.25) is 0 Å². The van der Waals surface area contributed by atoms with Crippen molar-refractivity contribution in [3.63, 3.8) is 0 Å². The molecular formula is C25H23F4N7O3. The highest BCUT2D eigenvalue weighted by Gasteiger charge is 2.30. The minimum absolute atomic E-state index is 0.00615. The van der Waals surface area contributed by atoms with Crippen molar-refractivity contribution in [2.24, 2.45) is 0 Å². The van der Waals surface area contributed by atoms with E-state index < -0.39 is 23.8 Å². The number of nitrogens with one attached hydrogen (secondary N) is 1. The van der Waals surface area contributed by atoms with Gasteiger partial charge in [0.25, 0.3) is 17.0 Å². The summed E-state index contributed by atoms with van der Waals surface area (Å²) in [7, 11) is 0. The van der Waals surface area contributed by atoms with Gasteiger partial charge >= 0.3 is 6.18 Å². The maximum Gasteiger partial charge on any atom is 0.416 e. The second-order valence-corrected chi connectivity index (χ2v) is 8.66. The monoisotopic (exact) mass is 545 g/mol. The predicted molar refractivity (Wildman–Crippen MR) is 130 cm³/mol. The minimum Gasteiger partial charge on any atom is -0.345 e. The van der Waals surface area contributed by atoms with Crippen LogP contribution in [-0.2, 0) is 32.4 Å². The van der Waals surface area contributed by atoms with E-state index in [4.69, 9.17) is 0 Å². The van der Waals surface area contributed by atoms with E-state index in [0.717, 1.165) is 23.0 Å². The quantitative estimate of drug-likeness (QED) is 0.306. The van der Waals surface area contributed by atoms with E-state index in [1.54, 1.807) is 24.4 Å². The Hall–Kier alpha value is -4.62. The first kappa shape index (κ1) is 27.4. The highest BCUT2D eigenvalue weighted by Crippen LogP contribution is 2.28. The van der Waals surface area contributed by atoms with Gasteiger partial charge in [0.05, 0.1) is 37.1 Å². The lowest BCUT2D eigenvalue weighted by Crippen LogP contribution is -2.24. The lowest BCUT2D eigenvalue weighted by molar-refractivity contribution is -0.137. The molecule has 1 atom stereocenters. The molecule has 14 heteroatoms.